The molecule has 0 saturated carbocycles. The van der Waals surface area contributed by atoms with Crippen molar-refractivity contribution in [2.75, 3.05) is 14.1 Å². The van der Waals surface area contributed by atoms with E-state index in [2.05, 4.69) is 15.2 Å². The monoisotopic (exact) mass is 387 g/mol. The molecule has 6 nitrogen and oxygen atoms in total. The molecule has 142 valence electrons. The van der Waals surface area contributed by atoms with Crippen LogP contribution in [0.1, 0.15) is 13.8 Å². The Morgan fingerprint density at radius 3 is 2.35 bits per heavy atom. The summed E-state index contributed by atoms with van der Waals surface area (Å²) in [5, 5.41) is 7.35. The van der Waals surface area contributed by atoms with E-state index in [1.807, 2.05) is 13.8 Å². The van der Waals surface area contributed by atoms with E-state index in [-0.39, 0.29) is 22.8 Å². The van der Waals surface area contributed by atoms with Gasteiger partial charge in [-0.3, -0.25) is 14.3 Å². The lowest BCUT2D eigenvalue weighted by atomic mass is 10.1. The van der Waals surface area contributed by atoms with Gasteiger partial charge in [0.1, 0.15) is 6.54 Å². The van der Waals surface area contributed by atoms with Gasteiger partial charge >= 0.3 is 6.18 Å². The van der Waals surface area contributed by atoms with Gasteiger partial charge in [-0.2, -0.15) is 13.2 Å². The predicted octanol–water partition coefficient (Wildman–Crippen LogP) is 3.11. The second-order valence-electron chi connectivity index (χ2n) is 6.26. The molecule has 0 fully saturated rings. The van der Waals surface area contributed by atoms with Gasteiger partial charge in [0.25, 0.3) is 0 Å². The molecule has 0 N–H and O–H groups in total. The van der Waals surface area contributed by atoms with Gasteiger partial charge in [0, 0.05) is 32.1 Å². The Kier molecular flexibility index (Phi) is 6.27. The molecule has 10 heteroatoms. The lowest BCUT2D eigenvalue weighted by Gasteiger charge is -2.23. The third-order valence-electron chi connectivity index (χ3n) is 3.51. The van der Waals surface area contributed by atoms with E-state index in [0.717, 1.165) is 16.3 Å². The number of hydrogen-bond donors (Lipinski definition) is 0. The number of hydrogen-bond acceptors (Lipinski definition) is 5. The Morgan fingerprint density at radius 1 is 1.23 bits per heavy atom. The molecule has 0 aliphatic heterocycles. The molecular weight excluding hydrogens is 367 g/mol. The molecule has 2 heterocycles. The van der Waals surface area contributed by atoms with Gasteiger partial charge in [-0.15, -0.1) is 10.2 Å². The molecule has 0 radical (unpaired) electrons. The smallest absolute Gasteiger partial charge is 0.348 e. The molecule has 1 amide bonds. The lowest BCUT2D eigenvalue weighted by Crippen LogP contribution is -2.35. The molecule has 2 aromatic rings. The molecule has 0 spiro atoms. The highest BCUT2D eigenvalue weighted by Gasteiger charge is 2.34. The fourth-order valence-electron chi connectivity index (χ4n) is 2.25. The molecule has 0 bridgehead atoms. The Hall–Kier alpha value is -2.10. The van der Waals surface area contributed by atoms with Crippen molar-refractivity contribution in [3.8, 4) is 11.4 Å². The zero-order valence-corrected chi connectivity index (χ0v) is 15.7. The summed E-state index contributed by atoms with van der Waals surface area (Å²) in [7, 11) is 3.22. The Bertz CT molecular complexity index is 746. The molecule has 1 unspecified atom stereocenters. The van der Waals surface area contributed by atoms with Crippen molar-refractivity contribution in [2.24, 2.45) is 5.92 Å². The van der Waals surface area contributed by atoms with Gasteiger partial charge in [-0.05, 0) is 18.1 Å². The van der Waals surface area contributed by atoms with Crippen molar-refractivity contribution in [3.05, 3.63) is 24.5 Å². The summed E-state index contributed by atoms with van der Waals surface area (Å²) in [5.41, 5.74) is 0.476. The number of amides is 1. The SMILES string of the molecule is CC(C)C(Sc1nnc(-c2ccncc2)n1CC(F)(F)F)C(=O)N(C)C. The van der Waals surface area contributed by atoms with Crippen LogP contribution in [0, 0.1) is 5.92 Å². The largest absolute Gasteiger partial charge is 0.406 e. The highest BCUT2D eigenvalue weighted by Crippen LogP contribution is 2.33. The summed E-state index contributed by atoms with van der Waals surface area (Å²) in [4.78, 5) is 17.7. The minimum atomic E-state index is -4.45. The highest BCUT2D eigenvalue weighted by molar-refractivity contribution is 8.00. The van der Waals surface area contributed by atoms with Crippen LogP contribution in [0.2, 0.25) is 0 Å². The lowest BCUT2D eigenvalue weighted by molar-refractivity contribution is -0.141. The topological polar surface area (TPSA) is 63.9 Å². The van der Waals surface area contributed by atoms with E-state index >= 15 is 0 Å². The van der Waals surface area contributed by atoms with Crippen LogP contribution in [0.4, 0.5) is 13.2 Å². The highest BCUT2D eigenvalue weighted by atomic mass is 32.2. The van der Waals surface area contributed by atoms with Crippen LogP contribution < -0.4 is 0 Å². The van der Waals surface area contributed by atoms with Gasteiger partial charge in [0.2, 0.25) is 5.91 Å². The number of rotatable bonds is 6. The zero-order valence-electron chi connectivity index (χ0n) is 14.9. The quantitative estimate of drug-likeness (QED) is 0.713. The molecular formula is C16H20F3N5OS. The maximum atomic E-state index is 13.1. The van der Waals surface area contributed by atoms with Crippen LogP contribution in [0.25, 0.3) is 11.4 Å². The average molecular weight is 387 g/mol. The van der Waals surface area contributed by atoms with E-state index < -0.39 is 18.0 Å². The van der Waals surface area contributed by atoms with Crippen molar-refractivity contribution >= 4 is 17.7 Å². The second-order valence-corrected chi connectivity index (χ2v) is 7.37. The van der Waals surface area contributed by atoms with E-state index in [4.69, 9.17) is 0 Å². The van der Waals surface area contributed by atoms with Crippen LogP contribution >= 0.6 is 11.8 Å². The van der Waals surface area contributed by atoms with Crippen LogP contribution in [-0.4, -0.2) is 56.1 Å². The standard InChI is InChI=1S/C16H20F3N5OS/c1-10(2)12(14(25)23(3)4)26-15-22-21-13(11-5-7-20-8-6-11)24(15)9-16(17,18)19/h5-8,10,12H,9H2,1-4H3. The molecule has 2 rings (SSSR count). The fraction of sp³-hybridized carbons (Fsp3) is 0.500. The van der Waals surface area contributed by atoms with Gasteiger partial charge in [-0.1, -0.05) is 25.6 Å². The average Bonchev–Trinajstić information content (AvgIpc) is 2.93. The molecule has 0 saturated heterocycles. The Balaban J connectivity index is 2.44. The van der Waals surface area contributed by atoms with Crippen molar-refractivity contribution in [1.82, 2.24) is 24.6 Å². The van der Waals surface area contributed by atoms with E-state index in [0.29, 0.717) is 5.56 Å². The summed E-state index contributed by atoms with van der Waals surface area (Å²) < 4.78 is 40.3. The Labute approximate surface area is 153 Å². The Morgan fingerprint density at radius 2 is 1.85 bits per heavy atom. The van der Waals surface area contributed by atoms with Crippen LogP contribution in [-0.2, 0) is 11.3 Å². The van der Waals surface area contributed by atoms with Crippen LogP contribution in [0.5, 0.6) is 0 Å². The minimum absolute atomic E-state index is 0.0584. The summed E-state index contributed by atoms with van der Waals surface area (Å²) in [6.07, 6.45) is -1.50. The zero-order chi connectivity index (χ0) is 19.5. The third kappa shape index (κ3) is 4.96. The summed E-state index contributed by atoms with van der Waals surface area (Å²) >= 11 is 0.999. The second kappa shape index (κ2) is 8.07. The molecule has 0 aliphatic carbocycles. The maximum absolute atomic E-state index is 13.1. The van der Waals surface area contributed by atoms with Gasteiger partial charge in [0.15, 0.2) is 11.0 Å². The van der Waals surface area contributed by atoms with Crippen LogP contribution in [0.3, 0.4) is 0 Å². The number of nitrogens with zero attached hydrogens (tertiary/aromatic N) is 5. The summed E-state index contributed by atoms with van der Waals surface area (Å²) in [6, 6.07) is 3.13. The van der Waals surface area contributed by atoms with Gasteiger partial charge in [-0.25, -0.2) is 0 Å². The van der Waals surface area contributed by atoms with Gasteiger partial charge in [0.05, 0.1) is 5.25 Å². The minimum Gasteiger partial charge on any atom is -0.348 e. The number of halogens is 3. The number of carbonyl (C=O) groups is 1. The van der Waals surface area contributed by atoms with Crippen molar-refractivity contribution in [1.29, 1.82) is 0 Å². The molecule has 26 heavy (non-hydrogen) atoms. The van der Waals surface area contributed by atoms with E-state index in [9.17, 15) is 18.0 Å². The first-order chi connectivity index (χ1) is 12.1. The molecule has 0 aromatic carbocycles. The van der Waals surface area contributed by atoms with Crippen molar-refractivity contribution in [3.63, 3.8) is 0 Å². The number of aromatic nitrogens is 4. The van der Waals surface area contributed by atoms with Crippen LogP contribution in [0.15, 0.2) is 29.7 Å². The molecule has 1 atom stereocenters. The summed E-state index contributed by atoms with van der Waals surface area (Å²) in [5.74, 6) is -0.181. The third-order valence-corrected chi connectivity index (χ3v) is 5.03. The number of carbonyl (C=O) groups excluding carboxylic acids is 1. The number of pyridine rings is 1. The number of thioether (sulfide) groups is 1. The van der Waals surface area contributed by atoms with Gasteiger partial charge < -0.3 is 4.90 Å². The first-order valence-corrected chi connectivity index (χ1v) is 8.76. The molecule has 0 aliphatic rings. The first kappa shape index (κ1) is 20.2. The molecule has 2 aromatic heterocycles. The van der Waals surface area contributed by atoms with Crippen molar-refractivity contribution < 1.29 is 18.0 Å². The first-order valence-electron chi connectivity index (χ1n) is 7.88. The maximum Gasteiger partial charge on any atom is 0.406 e. The summed E-state index contributed by atoms with van der Waals surface area (Å²) in [6.45, 7) is 2.45. The van der Waals surface area contributed by atoms with E-state index in [1.165, 1.54) is 17.3 Å². The number of alkyl halides is 3. The normalized spacial score (nSPS) is 13.1. The predicted molar refractivity (Wildman–Crippen MR) is 92.5 cm³/mol. The van der Waals surface area contributed by atoms with Crippen molar-refractivity contribution in [2.45, 2.75) is 37.0 Å². The fourth-order valence-corrected chi connectivity index (χ4v) is 3.43. The van der Waals surface area contributed by atoms with E-state index in [1.54, 1.807) is 26.2 Å².